The number of aromatic nitrogens is 2. The number of hydrogen-bond donors (Lipinski definition) is 1. The summed E-state index contributed by atoms with van der Waals surface area (Å²) in [7, 11) is 0. The zero-order valence-electron chi connectivity index (χ0n) is 17.6. The van der Waals surface area contributed by atoms with Crippen LogP contribution in [0.5, 0.6) is 0 Å². The zero-order chi connectivity index (χ0) is 21.7. The second kappa shape index (κ2) is 8.12. The van der Waals surface area contributed by atoms with Crippen LogP contribution in [0.3, 0.4) is 0 Å². The van der Waals surface area contributed by atoms with E-state index < -0.39 is 25.9 Å². The first-order valence-corrected chi connectivity index (χ1v) is 14.9. The Morgan fingerprint density at radius 3 is 2.69 bits per heavy atom. The summed E-state index contributed by atoms with van der Waals surface area (Å²) in [4.78, 5) is 0. The van der Waals surface area contributed by atoms with Gasteiger partial charge in [-0.05, 0) is 0 Å². The van der Waals surface area contributed by atoms with Crippen molar-refractivity contribution in [3.05, 3.63) is 99.1 Å². The number of alkyl halides is 2. The predicted molar refractivity (Wildman–Crippen MR) is 136 cm³/mol. The molecule has 3 heterocycles. The Balaban J connectivity index is 1.32. The van der Waals surface area contributed by atoms with Crippen LogP contribution >= 0.6 is 19.8 Å². The second-order valence-corrected chi connectivity index (χ2v) is 14.5. The summed E-state index contributed by atoms with van der Waals surface area (Å²) < 4.78 is 18.3. The molecule has 6 rings (SSSR count). The Kier molecular flexibility index (Phi) is 5.11. The average Bonchev–Trinajstić information content (AvgIpc) is 3.25. The van der Waals surface area contributed by atoms with E-state index in [0.717, 1.165) is 40.6 Å². The molecule has 1 saturated heterocycles. The quantitative estimate of drug-likeness (QED) is 0.230. The van der Waals surface area contributed by atoms with E-state index in [4.69, 9.17) is 0 Å². The maximum absolute atomic E-state index is 13.4. The molecule has 4 aromatic rings. The zero-order valence-corrected chi connectivity index (χ0v) is 19.7. The fraction of sp³-hybridized carbons (Fsp3) is 0.222. The predicted octanol–water partition coefficient (Wildman–Crippen LogP) is 6.81. The molecule has 5 heteroatoms. The summed E-state index contributed by atoms with van der Waals surface area (Å²) in [6.45, 7) is 0. The first-order valence-electron chi connectivity index (χ1n) is 11.0. The van der Waals surface area contributed by atoms with E-state index in [-0.39, 0.29) is 5.82 Å². The number of hydrogen-bond acceptors (Lipinski definition) is 2. The van der Waals surface area contributed by atoms with Crippen molar-refractivity contribution in [3.8, 4) is 5.69 Å². The molecule has 0 aliphatic carbocycles. The fourth-order valence-electron chi connectivity index (χ4n) is 4.87. The molecule has 1 fully saturated rings. The average molecular weight is 538 g/mol. The molecule has 1 aromatic heterocycles. The van der Waals surface area contributed by atoms with Gasteiger partial charge in [0.15, 0.2) is 0 Å². The van der Waals surface area contributed by atoms with Gasteiger partial charge in [-0.25, -0.2) is 0 Å². The van der Waals surface area contributed by atoms with Gasteiger partial charge in [0.2, 0.25) is 0 Å². The van der Waals surface area contributed by atoms with Crippen molar-refractivity contribution in [2.24, 2.45) is 0 Å². The van der Waals surface area contributed by atoms with Crippen LogP contribution in [0.25, 0.3) is 22.5 Å². The van der Waals surface area contributed by atoms with Crippen LogP contribution < -0.4 is 0 Å². The van der Waals surface area contributed by atoms with Crippen LogP contribution in [0.4, 0.5) is 4.39 Å². The number of rotatable bonds is 3. The third kappa shape index (κ3) is 3.48. The molecule has 162 valence electrons. The van der Waals surface area contributed by atoms with Gasteiger partial charge in [-0.2, -0.15) is 0 Å². The molecule has 32 heavy (non-hydrogen) atoms. The molecule has 2 atom stereocenters. The van der Waals surface area contributed by atoms with Crippen molar-refractivity contribution in [3.63, 3.8) is 0 Å². The standard InChI is InChI=1S/C27H24FIN2O/c28-22-10-12-24(13-11-22)31-26-15-23-6-3-7-25(29(23)16-21(26)17-30-31)27(32)20-9-8-18-4-1-2-5-19(18)14-20/h1-2,4-5,8-15,17,25,27,32H,3,6-7,16H2/t25-,27+/m1/s1. The fourth-order valence-corrected chi connectivity index (χ4v) is 12.6. The van der Waals surface area contributed by atoms with Crippen molar-refractivity contribution >= 4 is 36.7 Å². The van der Waals surface area contributed by atoms with E-state index in [2.05, 4.69) is 53.6 Å². The Morgan fingerprint density at radius 2 is 1.84 bits per heavy atom. The third-order valence-corrected chi connectivity index (χ3v) is 14.1. The number of aliphatic hydroxyl groups excluding tert-OH is 1. The topological polar surface area (TPSA) is 38.1 Å². The van der Waals surface area contributed by atoms with E-state index in [1.54, 1.807) is 15.7 Å². The van der Waals surface area contributed by atoms with Crippen LogP contribution in [0.15, 0.2) is 76.5 Å². The molecule has 0 spiro atoms. The van der Waals surface area contributed by atoms with E-state index in [0.29, 0.717) is 3.92 Å². The molecule has 2 aliphatic heterocycles. The van der Waals surface area contributed by atoms with Gasteiger partial charge in [-0.3, -0.25) is 0 Å². The summed E-state index contributed by atoms with van der Waals surface area (Å²) in [5.74, 6) is -0.237. The van der Waals surface area contributed by atoms with Crippen molar-refractivity contribution in [2.45, 2.75) is 33.7 Å². The monoisotopic (exact) mass is 538 g/mol. The molecule has 0 radical (unpaired) electrons. The summed E-state index contributed by atoms with van der Waals surface area (Å²) >= 11 is -1.58. The van der Waals surface area contributed by atoms with Crippen molar-refractivity contribution < 1.29 is 9.50 Å². The molecule has 0 saturated carbocycles. The maximum atomic E-state index is 13.4. The second-order valence-electron chi connectivity index (χ2n) is 8.52. The molecular weight excluding hydrogens is 514 g/mol. The van der Waals surface area contributed by atoms with E-state index >= 15 is 0 Å². The van der Waals surface area contributed by atoms with Gasteiger partial charge in [0.1, 0.15) is 0 Å². The van der Waals surface area contributed by atoms with Gasteiger partial charge in [0, 0.05) is 0 Å². The minimum absolute atomic E-state index is 0.237. The minimum atomic E-state index is -1.58. The van der Waals surface area contributed by atoms with E-state index in [9.17, 15) is 9.50 Å². The number of allylic oxidation sites excluding steroid dienone is 1. The van der Waals surface area contributed by atoms with Crippen molar-refractivity contribution in [2.75, 3.05) is 0 Å². The number of aliphatic hydroxyl groups is 1. The number of halogens is 2. The Bertz CT molecular complexity index is 1330. The molecule has 3 aromatic carbocycles. The summed E-state index contributed by atoms with van der Waals surface area (Å²) in [5.41, 5.74) is 4.32. The number of fused-ring (bicyclic) bond motifs is 3. The first kappa shape index (κ1) is 20.1. The first-order chi connectivity index (χ1) is 15.7. The third-order valence-electron chi connectivity index (χ3n) is 6.54. The van der Waals surface area contributed by atoms with Gasteiger partial charge in [-0.1, -0.05) is 0 Å². The van der Waals surface area contributed by atoms with Gasteiger partial charge >= 0.3 is 194 Å². The Labute approximate surface area is 194 Å². The Morgan fingerprint density at radius 1 is 1.03 bits per heavy atom. The SMILES string of the molecule is O[C@@H](c1ccc2ccccc2c1)[C@H]1CCCC2=Cc3c(cnn3-c3ccc(F)cc3)CI21. The van der Waals surface area contributed by atoms with Crippen molar-refractivity contribution in [1.82, 2.24) is 9.78 Å². The summed E-state index contributed by atoms with van der Waals surface area (Å²) in [5, 5.41) is 18.5. The molecule has 0 bridgehead atoms. The van der Waals surface area contributed by atoms with Gasteiger partial charge in [-0.15, -0.1) is 0 Å². The number of nitrogens with zero attached hydrogens (tertiary/aromatic N) is 2. The summed E-state index contributed by atoms with van der Waals surface area (Å²) in [6.07, 6.45) is 7.23. The molecule has 1 N–H and O–H groups in total. The van der Waals surface area contributed by atoms with Crippen LogP contribution in [0.2, 0.25) is 0 Å². The molecule has 0 amide bonds. The van der Waals surface area contributed by atoms with Gasteiger partial charge in [0.05, 0.1) is 0 Å². The summed E-state index contributed by atoms with van der Waals surface area (Å²) in [6, 6.07) is 21.2. The molecule has 0 unspecified atom stereocenters. The van der Waals surface area contributed by atoms with Gasteiger partial charge < -0.3 is 0 Å². The van der Waals surface area contributed by atoms with Crippen molar-refractivity contribution in [1.29, 1.82) is 0 Å². The number of benzene rings is 3. The van der Waals surface area contributed by atoms with Gasteiger partial charge in [0.25, 0.3) is 0 Å². The normalized spacial score (nSPS) is 19.9. The van der Waals surface area contributed by atoms with Crippen LogP contribution in [0, 0.1) is 5.82 Å². The van der Waals surface area contributed by atoms with E-state index in [1.165, 1.54) is 28.5 Å². The Hall–Kier alpha value is -2.51. The van der Waals surface area contributed by atoms with E-state index in [1.807, 2.05) is 10.9 Å². The molecular formula is C27H24FIN2O. The van der Waals surface area contributed by atoms with Crippen LogP contribution in [-0.2, 0) is 4.43 Å². The molecule has 2 aliphatic rings. The van der Waals surface area contributed by atoms with Crippen LogP contribution in [-0.4, -0.2) is 18.8 Å². The molecule has 3 nitrogen and oxygen atoms in total. The van der Waals surface area contributed by atoms with Crippen LogP contribution in [0.1, 0.15) is 42.2 Å².